The average molecular weight is 467 g/mol. The number of nitrogens with zero attached hydrogens (tertiary/aromatic N) is 3. The van der Waals surface area contributed by atoms with Crippen LogP contribution >= 0.6 is 11.6 Å². The Kier molecular flexibility index (Phi) is 5.76. The van der Waals surface area contributed by atoms with Crippen LogP contribution in [0, 0.1) is 5.92 Å². The Balaban J connectivity index is 1.30. The lowest BCUT2D eigenvalue weighted by atomic mass is 9.76. The Morgan fingerprint density at radius 3 is 2.76 bits per heavy atom. The van der Waals surface area contributed by atoms with Gasteiger partial charge in [-0.2, -0.15) is 4.98 Å². The molecule has 2 aliphatic rings. The summed E-state index contributed by atoms with van der Waals surface area (Å²) in [6.07, 6.45) is 1.91. The highest BCUT2D eigenvalue weighted by atomic mass is 35.5. The van der Waals surface area contributed by atoms with E-state index in [1.54, 1.807) is 13.2 Å². The van der Waals surface area contributed by atoms with Crippen LogP contribution in [0.2, 0.25) is 5.02 Å². The SMILES string of the molecule is COc1ccccc1CN1C(=O)NC2CC(c3nc(-c4ccccc4Cl)no3)CCC2C1=O. The van der Waals surface area contributed by atoms with Gasteiger partial charge in [0.15, 0.2) is 0 Å². The van der Waals surface area contributed by atoms with Gasteiger partial charge in [-0.05, 0) is 37.5 Å². The molecule has 1 aliphatic heterocycles. The summed E-state index contributed by atoms with van der Waals surface area (Å²) in [5.74, 6) is 1.11. The van der Waals surface area contributed by atoms with Crippen LogP contribution in [0.15, 0.2) is 53.1 Å². The fourth-order valence-corrected chi connectivity index (χ4v) is 4.91. The van der Waals surface area contributed by atoms with Crippen molar-refractivity contribution in [3.8, 4) is 17.1 Å². The molecule has 170 valence electrons. The highest BCUT2D eigenvalue weighted by Gasteiger charge is 2.45. The Morgan fingerprint density at radius 1 is 1.15 bits per heavy atom. The molecule has 0 spiro atoms. The van der Waals surface area contributed by atoms with E-state index in [4.69, 9.17) is 20.9 Å². The number of carbonyl (C=O) groups is 2. The predicted molar refractivity (Wildman–Crippen MR) is 121 cm³/mol. The zero-order valence-corrected chi connectivity index (χ0v) is 18.8. The fraction of sp³-hybridized carbons (Fsp3) is 0.333. The average Bonchev–Trinajstić information content (AvgIpc) is 3.32. The molecule has 9 heteroatoms. The van der Waals surface area contributed by atoms with Gasteiger partial charge in [0.1, 0.15) is 5.75 Å². The molecule has 5 rings (SSSR count). The number of hydrogen-bond acceptors (Lipinski definition) is 6. The summed E-state index contributed by atoms with van der Waals surface area (Å²) < 4.78 is 10.9. The quantitative estimate of drug-likeness (QED) is 0.598. The van der Waals surface area contributed by atoms with Gasteiger partial charge in [0.25, 0.3) is 0 Å². The number of urea groups is 1. The number of imide groups is 1. The smallest absolute Gasteiger partial charge is 0.324 e. The molecule has 3 aromatic rings. The fourth-order valence-electron chi connectivity index (χ4n) is 4.69. The van der Waals surface area contributed by atoms with Crippen LogP contribution in [0.3, 0.4) is 0 Å². The van der Waals surface area contributed by atoms with E-state index in [0.717, 1.165) is 12.0 Å². The number of fused-ring (bicyclic) bond motifs is 1. The number of amides is 3. The topological polar surface area (TPSA) is 97.6 Å². The van der Waals surface area contributed by atoms with Crippen molar-refractivity contribution in [2.24, 2.45) is 5.92 Å². The van der Waals surface area contributed by atoms with Crippen LogP contribution in [0.1, 0.15) is 36.6 Å². The third-order valence-electron chi connectivity index (χ3n) is 6.41. The second-order valence-electron chi connectivity index (χ2n) is 8.34. The van der Waals surface area contributed by atoms with Crippen molar-refractivity contribution in [1.29, 1.82) is 0 Å². The zero-order valence-electron chi connectivity index (χ0n) is 18.0. The Hall–Kier alpha value is -3.39. The molecule has 2 heterocycles. The first-order valence-electron chi connectivity index (χ1n) is 10.9. The molecule has 1 saturated heterocycles. The summed E-state index contributed by atoms with van der Waals surface area (Å²) in [6.45, 7) is 0.173. The lowest BCUT2D eigenvalue weighted by molar-refractivity contribution is -0.137. The van der Waals surface area contributed by atoms with Crippen LogP contribution in [0.4, 0.5) is 4.79 Å². The van der Waals surface area contributed by atoms with E-state index in [2.05, 4.69) is 15.5 Å². The van der Waals surface area contributed by atoms with E-state index in [1.165, 1.54) is 4.90 Å². The first-order valence-corrected chi connectivity index (χ1v) is 11.2. The second-order valence-corrected chi connectivity index (χ2v) is 8.75. The van der Waals surface area contributed by atoms with E-state index >= 15 is 0 Å². The minimum atomic E-state index is -0.393. The predicted octanol–water partition coefficient (Wildman–Crippen LogP) is 4.40. The monoisotopic (exact) mass is 466 g/mol. The summed E-state index contributed by atoms with van der Waals surface area (Å²) in [6, 6.07) is 14.0. The van der Waals surface area contributed by atoms with Gasteiger partial charge in [0.05, 0.1) is 24.6 Å². The van der Waals surface area contributed by atoms with Gasteiger partial charge in [-0.15, -0.1) is 0 Å². The summed E-state index contributed by atoms with van der Waals surface area (Å²) in [4.78, 5) is 31.8. The second kappa shape index (κ2) is 8.86. The molecule has 2 fully saturated rings. The van der Waals surface area contributed by atoms with Crippen molar-refractivity contribution in [3.05, 3.63) is 65.0 Å². The number of aromatic nitrogens is 2. The van der Waals surface area contributed by atoms with Gasteiger partial charge in [0, 0.05) is 23.1 Å². The largest absolute Gasteiger partial charge is 0.496 e. The molecular weight excluding hydrogens is 444 g/mol. The molecule has 8 nitrogen and oxygen atoms in total. The molecule has 33 heavy (non-hydrogen) atoms. The summed E-state index contributed by atoms with van der Waals surface area (Å²) in [5.41, 5.74) is 1.49. The molecule has 0 radical (unpaired) electrons. The molecule has 1 saturated carbocycles. The summed E-state index contributed by atoms with van der Waals surface area (Å²) in [5, 5.41) is 7.65. The van der Waals surface area contributed by atoms with Crippen molar-refractivity contribution in [1.82, 2.24) is 20.4 Å². The molecule has 3 atom stereocenters. The standard InChI is InChI=1S/C24H23ClN4O4/c1-32-20-9-5-2-6-15(20)13-29-23(30)17-11-10-14(12-19(17)26-24(29)31)22-27-21(28-33-22)16-7-3-4-8-18(16)25/h2-9,14,17,19H,10-13H2,1H3,(H,26,31). The molecule has 1 aromatic heterocycles. The number of methoxy groups -OCH3 is 1. The number of carbonyl (C=O) groups excluding carboxylic acids is 2. The maximum Gasteiger partial charge on any atom is 0.324 e. The molecular formula is C24H23ClN4O4. The third kappa shape index (κ3) is 4.06. The Morgan fingerprint density at radius 2 is 1.94 bits per heavy atom. The van der Waals surface area contributed by atoms with E-state index < -0.39 is 6.03 Å². The third-order valence-corrected chi connectivity index (χ3v) is 6.74. The van der Waals surface area contributed by atoms with Crippen molar-refractivity contribution in [3.63, 3.8) is 0 Å². The van der Waals surface area contributed by atoms with Crippen molar-refractivity contribution in [2.45, 2.75) is 37.8 Å². The Bertz CT molecular complexity index is 1200. The van der Waals surface area contributed by atoms with E-state index in [9.17, 15) is 9.59 Å². The Labute approximate surface area is 195 Å². The number of para-hydroxylation sites is 1. The molecule has 3 unspecified atom stereocenters. The molecule has 1 N–H and O–H groups in total. The van der Waals surface area contributed by atoms with Gasteiger partial charge >= 0.3 is 6.03 Å². The maximum atomic E-state index is 13.2. The van der Waals surface area contributed by atoms with Crippen LogP contribution in [-0.4, -0.2) is 40.1 Å². The van der Waals surface area contributed by atoms with Crippen molar-refractivity contribution >= 4 is 23.5 Å². The van der Waals surface area contributed by atoms with Gasteiger partial charge in [-0.25, -0.2) is 4.79 Å². The van der Waals surface area contributed by atoms with Crippen LogP contribution in [-0.2, 0) is 11.3 Å². The van der Waals surface area contributed by atoms with E-state index in [1.807, 2.05) is 42.5 Å². The van der Waals surface area contributed by atoms with Gasteiger partial charge in [0.2, 0.25) is 17.6 Å². The highest BCUT2D eigenvalue weighted by Crippen LogP contribution is 2.39. The zero-order chi connectivity index (χ0) is 22.9. The van der Waals surface area contributed by atoms with Crippen LogP contribution in [0.5, 0.6) is 5.75 Å². The minimum absolute atomic E-state index is 0.0381. The van der Waals surface area contributed by atoms with E-state index in [-0.39, 0.29) is 30.3 Å². The minimum Gasteiger partial charge on any atom is -0.496 e. The summed E-state index contributed by atoms with van der Waals surface area (Å²) >= 11 is 6.25. The number of rotatable bonds is 5. The lowest BCUT2D eigenvalue weighted by Crippen LogP contribution is -2.60. The van der Waals surface area contributed by atoms with Gasteiger partial charge in [-0.3, -0.25) is 9.69 Å². The maximum absolute atomic E-state index is 13.2. The van der Waals surface area contributed by atoms with Crippen LogP contribution < -0.4 is 10.1 Å². The van der Waals surface area contributed by atoms with Gasteiger partial charge in [-0.1, -0.05) is 47.1 Å². The number of benzene rings is 2. The number of ether oxygens (including phenoxy) is 1. The molecule has 3 amide bonds. The molecule has 1 aliphatic carbocycles. The first kappa shape index (κ1) is 21.5. The van der Waals surface area contributed by atoms with Crippen molar-refractivity contribution < 1.29 is 18.8 Å². The number of nitrogens with one attached hydrogen (secondary N) is 1. The number of halogens is 1. The van der Waals surface area contributed by atoms with Crippen molar-refractivity contribution in [2.75, 3.05) is 7.11 Å². The molecule has 2 aromatic carbocycles. The lowest BCUT2D eigenvalue weighted by Gasteiger charge is -2.41. The van der Waals surface area contributed by atoms with Crippen LogP contribution in [0.25, 0.3) is 11.4 Å². The normalized spacial score (nSPS) is 22.6. The van der Waals surface area contributed by atoms with E-state index in [0.29, 0.717) is 40.9 Å². The summed E-state index contributed by atoms with van der Waals surface area (Å²) in [7, 11) is 1.57. The highest BCUT2D eigenvalue weighted by molar-refractivity contribution is 6.33. The first-order chi connectivity index (χ1) is 16.0. The molecule has 0 bridgehead atoms. The number of hydrogen-bond donors (Lipinski definition) is 1. The van der Waals surface area contributed by atoms with Gasteiger partial charge < -0.3 is 14.6 Å².